The van der Waals surface area contributed by atoms with Crippen molar-refractivity contribution in [2.45, 2.75) is 16.7 Å². The average molecular weight is 377 g/mol. The fraction of sp³-hybridized carbons (Fsp3) is 0.278. The van der Waals surface area contributed by atoms with Gasteiger partial charge in [-0.3, -0.25) is 4.79 Å². The van der Waals surface area contributed by atoms with Crippen molar-refractivity contribution in [1.82, 2.24) is 5.32 Å². The molecule has 138 valence electrons. The maximum Gasteiger partial charge on any atom is 0.221 e. The zero-order chi connectivity index (χ0) is 18.7. The van der Waals surface area contributed by atoms with Crippen LogP contribution in [0.2, 0.25) is 0 Å². The summed E-state index contributed by atoms with van der Waals surface area (Å²) in [5, 5.41) is 5.86. The van der Waals surface area contributed by atoms with E-state index in [-0.39, 0.29) is 21.4 Å². The monoisotopic (exact) mass is 377 g/mol. The minimum absolute atomic E-state index is 0.0156. The fourth-order valence-corrected chi connectivity index (χ4v) is 4.30. The van der Waals surface area contributed by atoms with Crippen LogP contribution in [0.1, 0.15) is 6.92 Å². The first-order valence-corrected chi connectivity index (χ1v) is 9.74. The molecule has 0 aliphatic carbocycles. The molecule has 0 atom stereocenters. The molecule has 1 aliphatic heterocycles. The first-order chi connectivity index (χ1) is 12.4. The third kappa shape index (κ3) is 3.86. The molecular formula is C18H20FN3O3S. The number of sulfone groups is 1. The summed E-state index contributed by atoms with van der Waals surface area (Å²) in [6, 6.07) is 9.51. The van der Waals surface area contributed by atoms with Crippen LogP contribution in [0, 0.1) is 5.82 Å². The highest BCUT2D eigenvalue weighted by Crippen LogP contribution is 2.31. The van der Waals surface area contributed by atoms with E-state index < -0.39 is 15.7 Å². The molecule has 1 amide bonds. The lowest BCUT2D eigenvalue weighted by atomic mass is 10.2. The van der Waals surface area contributed by atoms with Gasteiger partial charge in [-0.15, -0.1) is 0 Å². The molecule has 0 saturated carbocycles. The summed E-state index contributed by atoms with van der Waals surface area (Å²) in [6.07, 6.45) is 0. The van der Waals surface area contributed by atoms with Gasteiger partial charge in [0.25, 0.3) is 0 Å². The predicted molar refractivity (Wildman–Crippen MR) is 97.7 cm³/mol. The molecule has 0 radical (unpaired) electrons. The molecule has 1 aliphatic rings. The number of piperazine rings is 1. The van der Waals surface area contributed by atoms with Gasteiger partial charge >= 0.3 is 0 Å². The summed E-state index contributed by atoms with van der Waals surface area (Å²) in [4.78, 5) is 13.7. The first-order valence-electron chi connectivity index (χ1n) is 8.26. The number of rotatable bonds is 4. The van der Waals surface area contributed by atoms with Crippen molar-refractivity contribution < 1.29 is 17.6 Å². The summed E-state index contributed by atoms with van der Waals surface area (Å²) in [5.41, 5.74) is 1.06. The maximum absolute atomic E-state index is 13.1. The second-order valence-corrected chi connectivity index (χ2v) is 7.97. The van der Waals surface area contributed by atoms with Crippen LogP contribution in [0.25, 0.3) is 0 Å². The Morgan fingerprint density at radius 2 is 1.77 bits per heavy atom. The number of carbonyl (C=O) groups excluding carboxylic acids is 1. The number of anilines is 2. The summed E-state index contributed by atoms with van der Waals surface area (Å²) in [5.74, 6) is -0.877. The van der Waals surface area contributed by atoms with E-state index in [0.717, 1.165) is 44.0 Å². The molecule has 8 heteroatoms. The third-order valence-electron chi connectivity index (χ3n) is 4.17. The Kier molecular flexibility index (Phi) is 5.24. The number of halogens is 1. The number of carbonyl (C=O) groups is 1. The topological polar surface area (TPSA) is 78.5 Å². The van der Waals surface area contributed by atoms with Gasteiger partial charge in [0.1, 0.15) is 5.82 Å². The van der Waals surface area contributed by atoms with Crippen molar-refractivity contribution >= 4 is 27.1 Å². The molecule has 0 spiro atoms. The lowest BCUT2D eigenvalue weighted by Gasteiger charge is -2.30. The third-order valence-corrected chi connectivity index (χ3v) is 6.00. The number of hydrogen-bond acceptors (Lipinski definition) is 5. The number of nitrogens with one attached hydrogen (secondary N) is 2. The van der Waals surface area contributed by atoms with Gasteiger partial charge in [-0.25, -0.2) is 12.8 Å². The van der Waals surface area contributed by atoms with Crippen molar-refractivity contribution in [3.05, 3.63) is 48.3 Å². The van der Waals surface area contributed by atoms with Crippen molar-refractivity contribution in [3.8, 4) is 0 Å². The molecular weight excluding hydrogens is 357 g/mol. The van der Waals surface area contributed by atoms with Gasteiger partial charge in [-0.05, 0) is 42.5 Å². The summed E-state index contributed by atoms with van der Waals surface area (Å²) in [7, 11) is -3.89. The molecule has 0 unspecified atom stereocenters. The van der Waals surface area contributed by atoms with Crippen molar-refractivity contribution in [2.75, 3.05) is 36.4 Å². The van der Waals surface area contributed by atoms with Crippen molar-refractivity contribution in [2.24, 2.45) is 0 Å². The van der Waals surface area contributed by atoms with E-state index in [1.807, 2.05) is 0 Å². The van der Waals surface area contributed by atoms with Crippen LogP contribution < -0.4 is 15.5 Å². The fourth-order valence-electron chi connectivity index (χ4n) is 2.90. The van der Waals surface area contributed by atoms with E-state index in [0.29, 0.717) is 0 Å². The zero-order valence-electron chi connectivity index (χ0n) is 14.3. The van der Waals surface area contributed by atoms with Gasteiger partial charge in [-0.1, -0.05) is 0 Å². The number of amides is 1. The van der Waals surface area contributed by atoms with Gasteiger partial charge in [0, 0.05) is 38.8 Å². The van der Waals surface area contributed by atoms with E-state index >= 15 is 0 Å². The Bertz CT molecular complexity index is 908. The highest BCUT2D eigenvalue weighted by Gasteiger charge is 2.23. The van der Waals surface area contributed by atoms with Crippen LogP contribution >= 0.6 is 0 Å². The molecule has 2 aromatic rings. The van der Waals surface area contributed by atoms with Crippen LogP contribution in [0.3, 0.4) is 0 Å². The highest BCUT2D eigenvalue weighted by atomic mass is 32.2. The summed E-state index contributed by atoms with van der Waals surface area (Å²) >= 11 is 0. The molecule has 1 heterocycles. The predicted octanol–water partition coefficient (Wildman–Crippen LogP) is 2.03. The Labute approximate surface area is 151 Å². The Balaban J connectivity index is 2.04. The van der Waals surface area contributed by atoms with Crippen molar-refractivity contribution in [3.63, 3.8) is 0 Å². The molecule has 3 rings (SSSR count). The Morgan fingerprint density at radius 3 is 2.38 bits per heavy atom. The smallest absolute Gasteiger partial charge is 0.221 e. The molecule has 2 N–H and O–H groups in total. The normalized spacial score (nSPS) is 14.9. The molecule has 0 bridgehead atoms. The van der Waals surface area contributed by atoms with Gasteiger partial charge < -0.3 is 15.5 Å². The van der Waals surface area contributed by atoms with Crippen LogP contribution in [0.15, 0.2) is 52.3 Å². The largest absolute Gasteiger partial charge is 0.369 e. The van der Waals surface area contributed by atoms with Gasteiger partial charge in [0.15, 0.2) is 0 Å². The summed E-state index contributed by atoms with van der Waals surface area (Å²) in [6.45, 7) is 4.59. The van der Waals surface area contributed by atoms with E-state index in [1.54, 1.807) is 12.1 Å². The zero-order valence-corrected chi connectivity index (χ0v) is 15.1. The summed E-state index contributed by atoms with van der Waals surface area (Å²) < 4.78 is 39.0. The average Bonchev–Trinajstić information content (AvgIpc) is 2.62. The minimum Gasteiger partial charge on any atom is -0.369 e. The Hall–Kier alpha value is -2.45. The SMILES string of the molecule is CC(=O)Nc1cc(N2CCNCC2)ccc1S(=O)(=O)c1ccc(F)cc1. The van der Waals surface area contributed by atoms with Crippen LogP contribution in [-0.4, -0.2) is 40.5 Å². The van der Waals surface area contributed by atoms with Crippen LogP contribution in [0.4, 0.5) is 15.8 Å². The van der Waals surface area contributed by atoms with E-state index in [9.17, 15) is 17.6 Å². The number of nitrogens with zero attached hydrogens (tertiary/aromatic N) is 1. The number of benzene rings is 2. The van der Waals surface area contributed by atoms with E-state index in [2.05, 4.69) is 15.5 Å². The first kappa shape index (κ1) is 18.3. The quantitative estimate of drug-likeness (QED) is 0.797. The van der Waals surface area contributed by atoms with Gasteiger partial charge in [-0.2, -0.15) is 0 Å². The lowest BCUT2D eigenvalue weighted by Crippen LogP contribution is -2.43. The van der Waals surface area contributed by atoms with Crippen LogP contribution in [0.5, 0.6) is 0 Å². The van der Waals surface area contributed by atoms with Gasteiger partial charge in [0.2, 0.25) is 15.7 Å². The molecule has 6 nitrogen and oxygen atoms in total. The standard InChI is InChI=1S/C18H20FN3O3S/c1-13(23)21-17-12-15(22-10-8-20-9-11-22)4-7-18(17)26(24,25)16-5-2-14(19)3-6-16/h2-7,12,20H,8-11H2,1H3,(H,21,23). The van der Waals surface area contributed by atoms with Crippen LogP contribution in [-0.2, 0) is 14.6 Å². The second kappa shape index (κ2) is 7.43. The second-order valence-electron chi connectivity index (χ2n) is 6.06. The maximum atomic E-state index is 13.1. The van der Waals surface area contributed by atoms with E-state index in [1.165, 1.54) is 25.1 Å². The molecule has 26 heavy (non-hydrogen) atoms. The molecule has 0 aromatic heterocycles. The minimum atomic E-state index is -3.89. The molecule has 2 aromatic carbocycles. The molecule has 1 fully saturated rings. The van der Waals surface area contributed by atoms with Crippen molar-refractivity contribution in [1.29, 1.82) is 0 Å². The lowest BCUT2D eigenvalue weighted by molar-refractivity contribution is -0.114. The number of hydrogen-bond donors (Lipinski definition) is 2. The molecule has 1 saturated heterocycles. The van der Waals surface area contributed by atoms with E-state index in [4.69, 9.17) is 0 Å². The highest BCUT2D eigenvalue weighted by molar-refractivity contribution is 7.91. The van der Waals surface area contributed by atoms with Gasteiger partial charge in [0.05, 0.1) is 15.5 Å². The Morgan fingerprint density at radius 1 is 1.12 bits per heavy atom.